The monoisotopic (exact) mass is 393 g/mol. The summed E-state index contributed by atoms with van der Waals surface area (Å²) in [4.78, 5) is 36.7. The molecule has 0 radical (unpaired) electrons. The third-order valence-corrected chi connectivity index (χ3v) is 4.25. The zero-order valence-electron chi connectivity index (χ0n) is 16.4. The molecule has 0 saturated carbocycles. The second kappa shape index (κ2) is 9.38. The van der Waals surface area contributed by atoms with Crippen LogP contribution < -0.4 is 5.32 Å². The quantitative estimate of drug-likeness (QED) is 0.587. The molecule has 1 aliphatic rings. The number of carbonyl (C=O) groups is 2. The molecule has 1 N–H and O–H groups in total. The molecule has 0 spiro atoms. The third-order valence-electron chi connectivity index (χ3n) is 4.25. The first-order valence-corrected chi connectivity index (χ1v) is 9.24. The van der Waals surface area contributed by atoms with Crippen molar-refractivity contribution >= 4 is 12.2 Å². The van der Waals surface area contributed by atoms with E-state index in [9.17, 15) is 19.7 Å². The predicted octanol–water partition coefficient (Wildman–Crippen LogP) is 2.96. The van der Waals surface area contributed by atoms with Gasteiger partial charge in [-0.05, 0) is 39.2 Å². The Labute approximate surface area is 164 Å². The lowest BCUT2D eigenvalue weighted by atomic mass is 10.1. The minimum Gasteiger partial charge on any atom is -0.445 e. The van der Waals surface area contributed by atoms with Crippen LogP contribution in [0.3, 0.4) is 0 Å². The van der Waals surface area contributed by atoms with Crippen LogP contribution in [-0.4, -0.2) is 52.8 Å². The Balaban J connectivity index is 2.03. The number of benzene rings is 1. The van der Waals surface area contributed by atoms with E-state index >= 15 is 0 Å². The zero-order chi connectivity index (χ0) is 20.7. The molecule has 28 heavy (non-hydrogen) atoms. The van der Waals surface area contributed by atoms with Crippen LogP contribution in [0, 0.1) is 10.1 Å². The fourth-order valence-electron chi connectivity index (χ4n) is 3.12. The smallest absolute Gasteiger partial charge is 0.410 e. The highest BCUT2D eigenvalue weighted by molar-refractivity contribution is 5.70. The van der Waals surface area contributed by atoms with E-state index in [2.05, 4.69) is 5.32 Å². The van der Waals surface area contributed by atoms with Crippen molar-refractivity contribution in [2.45, 2.75) is 57.9 Å². The molecule has 1 saturated heterocycles. The Morgan fingerprint density at radius 3 is 2.61 bits per heavy atom. The van der Waals surface area contributed by atoms with Gasteiger partial charge in [0, 0.05) is 11.5 Å². The molecule has 2 amide bonds. The molecule has 0 unspecified atom stereocenters. The first-order chi connectivity index (χ1) is 13.2. The average molecular weight is 393 g/mol. The fourth-order valence-corrected chi connectivity index (χ4v) is 3.12. The van der Waals surface area contributed by atoms with E-state index in [0.29, 0.717) is 19.4 Å². The van der Waals surface area contributed by atoms with E-state index in [1.54, 1.807) is 20.8 Å². The molecule has 1 aliphatic heterocycles. The highest BCUT2D eigenvalue weighted by Crippen LogP contribution is 2.22. The van der Waals surface area contributed by atoms with E-state index in [1.165, 1.54) is 4.90 Å². The van der Waals surface area contributed by atoms with E-state index in [-0.39, 0.29) is 6.61 Å². The van der Waals surface area contributed by atoms with Crippen molar-refractivity contribution in [1.29, 1.82) is 0 Å². The second-order valence-electron chi connectivity index (χ2n) is 7.71. The number of likely N-dealkylation sites (tertiary alicyclic amines) is 1. The minimum absolute atomic E-state index is 0.113. The van der Waals surface area contributed by atoms with Gasteiger partial charge in [0.1, 0.15) is 18.2 Å². The maximum Gasteiger partial charge on any atom is 0.410 e. The highest BCUT2D eigenvalue weighted by Gasteiger charge is 2.39. The highest BCUT2D eigenvalue weighted by atomic mass is 16.6. The van der Waals surface area contributed by atoms with E-state index in [0.717, 1.165) is 5.56 Å². The van der Waals surface area contributed by atoms with Gasteiger partial charge >= 0.3 is 12.2 Å². The topological polar surface area (TPSA) is 111 Å². The normalized spacial score (nSPS) is 17.7. The largest absolute Gasteiger partial charge is 0.445 e. The molecule has 154 valence electrons. The van der Waals surface area contributed by atoms with Gasteiger partial charge in [-0.15, -0.1) is 0 Å². The number of nitro groups is 1. The van der Waals surface area contributed by atoms with Crippen molar-refractivity contribution in [3.8, 4) is 0 Å². The van der Waals surface area contributed by atoms with E-state index in [4.69, 9.17) is 9.47 Å². The van der Waals surface area contributed by atoms with Crippen LogP contribution in [0.2, 0.25) is 0 Å². The Morgan fingerprint density at radius 1 is 1.32 bits per heavy atom. The summed E-state index contributed by atoms with van der Waals surface area (Å²) >= 11 is 0. The summed E-state index contributed by atoms with van der Waals surface area (Å²) in [6.45, 7) is 5.14. The van der Waals surface area contributed by atoms with Crippen LogP contribution >= 0.6 is 0 Å². The number of carbonyl (C=O) groups excluding carboxylic acids is 2. The fraction of sp³-hybridized carbons (Fsp3) is 0.579. The summed E-state index contributed by atoms with van der Waals surface area (Å²) < 4.78 is 10.6. The maximum atomic E-state index is 12.5. The van der Waals surface area contributed by atoms with E-state index in [1.807, 2.05) is 30.3 Å². The summed E-state index contributed by atoms with van der Waals surface area (Å²) in [5, 5.41) is 13.7. The van der Waals surface area contributed by atoms with Crippen molar-refractivity contribution in [2.75, 3.05) is 13.1 Å². The van der Waals surface area contributed by atoms with Crippen LogP contribution in [0.4, 0.5) is 9.59 Å². The molecular weight excluding hydrogens is 366 g/mol. The van der Waals surface area contributed by atoms with Crippen LogP contribution in [0.25, 0.3) is 0 Å². The van der Waals surface area contributed by atoms with Crippen molar-refractivity contribution in [1.82, 2.24) is 10.2 Å². The van der Waals surface area contributed by atoms with Gasteiger partial charge in [-0.2, -0.15) is 0 Å². The average Bonchev–Trinajstić information content (AvgIpc) is 3.07. The molecule has 1 fully saturated rings. The molecule has 9 nitrogen and oxygen atoms in total. The molecular formula is C19H27N3O6. The van der Waals surface area contributed by atoms with Gasteiger partial charge in [0.05, 0.1) is 6.04 Å². The van der Waals surface area contributed by atoms with Gasteiger partial charge < -0.3 is 19.7 Å². The van der Waals surface area contributed by atoms with Gasteiger partial charge in [-0.1, -0.05) is 30.3 Å². The summed E-state index contributed by atoms with van der Waals surface area (Å²) in [6.07, 6.45) is -0.0844. The first kappa shape index (κ1) is 21.5. The van der Waals surface area contributed by atoms with Crippen molar-refractivity contribution in [3.63, 3.8) is 0 Å². The van der Waals surface area contributed by atoms with E-state index < -0.39 is 41.3 Å². The summed E-state index contributed by atoms with van der Waals surface area (Å²) in [6, 6.07) is 7.85. The molecule has 0 aromatic heterocycles. The lowest BCUT2D eigenvalue weighted by Gasteiger charge is -2.30. The maximum absolute atomic E-state index is 12.5. The number of rotatable bonds is 6. The lowest BCUT2D eigenvalue weighted by Crippen LogP contribution is -2.54. The lowest BCUT2D eigenvalue weighted by molar-refractivity contribution is -0.484. The van der Waals surface area contributed by atoms with Crippen LogP contribution in [-0.2, 0) is 16.1 Å². The number of alkyl carbamates (subject to hydrolysis) is 1. The van der Waals surface area contributed by atoms with Gasteiger partial charge in [0.25, 0.3) is 0 Å². The van der Waals surface area contributed by atoms with Crippen molar-refractivity contribution < 1.29 is 24.0 Å². The number of hydrogen-bond acceptors (Lipinski definition) is 6. The molecule has 0 aliphatic carbocycles. The number of hydrogen-bond donors (Lipinski definition) is 1. The molecule has 9 heteroatoms. The summed E-state index contributed by atoms with van der Waals surface area (Å²) in [5.74, 6) is 0. The molecule has 2 rings (SSSR count). The molecule has 1 aromatic carbocycles. The van der Waals surface area contributed by atoms with Gasteiger partial charge in [0.2, 0.25) is 6.54 Å². The Hall–Kier alpha value is -2.84. The van der Waals surface area contributed by atoms with Gasteiger partial charge in [-0.3, -0.25) is 10.1 Å². The number of nitrogens with zero attached hydrogens (tertiary/aromatic N) is 2. The zero-order valence-corrected chi connectivity index (χ0v) is 16.4. The second-order valence-corrected chi connectivity index (χ2v) is 7.71. The molecule has 1 aromatic rings. The van der Waals surface area contributed by atoms with Crippen LogP contribution in [0.15, 0.2) is 30.3 Å². The molecule has 1 heterocycles. The Bertz CT molecular complexity index is 689. The summed E-state index contributed by atoms with van der Waals surface area (Å²) in [5.41, 5.74) is 0.119. The number of ether oxygens (including phenoxy) is 2. The Kier molecular flexibility index (Phi) is 7.19. The van der Waals surface area contributed by atoms with Crippen molar-refractivity contribution in [3.05, 3.63) is 46.0 Å². The predicted molar refractivity (Wildman–Crippen MR) is 101 cm³/mol. The minimum atomic E-state index is -0.864. The van der Waals surface area contributed by atoms with Gasteiger partial charge in [-0.25, -0.2) is 9.59 Å². The Morgan fingerprint density at radius 2 is 2.00 bits per heavy atom. The van der Waals surface area contributed by atoms with Crippen molar-refractivity contribution in [2.24, 2.45) is 0 Å². The number of nitrogens with one attached hydrogen (secondary N) is 1. The van der Waals surface area contributed by atoms with Crippen LogP contribution in [0.1, 0.15) is 39.2 Å². The molecule has 2 atom stereocenters. The first-order valence-electron chi connectivity index (χ1n) is 9.24. The number of amides is 2. The summed E-state index contributed by atoms with van der Waals surface area (Å²) in [7, 11) is 0. The third kappa shape index (κ3) is 6.71. The molecule has 0 bridgehead atoms. The SMILES string of the molecule is CC(C)(C)OC(=O)N[C@@H](C[N+](=O)[O-])[C@@H]1CCCN1C(=O)OCc1ccccc1. The standard InChI is InChI=1S/C19H27N3O6/c1-19(2,3)28-17(23)20-15(12-22(25)26)16-10-7-11-21(16)18(24)27-13-14-8-5-4-6-9-14/h4-6,8-9,15-16H,7,10-13H2,1-3H3,(H,20,23)/t15-,16-/m0/s1. The van der Waals surface area contributed by atoms with Gasteiger partial charge in [0.15, 0.2) is 0 Å². The van der Waals surface area contributed by atoms with Crippen LogP contribution in [0.5, 0.6) is 0 Å².